The first-order chi connectivity index (χ1) is 20.0. The van der Waals surface area contributed by atoms with Crippen LogP contribution in [-0.4, -0.2) is 35.2 Å². The lowest BCUT2D eigenvalue weighted by atomic mass is 10.1. The minimum Gasteiger partial charge on any atom is -0.505 e. The predicted octanol–water partition coefficient (Wildman–Crippen LogP) is 6.96. The predicted molar refractivity (Wildman–Crippen MR) is 154 cm³/mol. The molecular formula is C28H20N6O7S. The Morgan fingerprint density at radius 3 is 1.95 bits per heavy atom. The van der Waals surface area contributed by atoms with Gasteiger partial charge in [0.05, 0.1) is 22.6 Å². The smallest absolute Gasteiger partial charge is 0.335 e. The van der Waals surface area contributed by atoms with Crippen LogP contribution in [0.25, 0.3) is 21.5 Å². The van der Waals surface area contributed by atoms with E-state index in [2.05, 4.69) is 25.8 Å². The van der Waals surface area contributed by atoms with Crippen molar-refractivity contribution in [1.82, 2.24) is 0 Å². The average Bonchev–Trinajstić information content (AvgIpc) is 2.95. The number of anilines is 1. The largest absolute Gasteiger partial charge is 0.505 e. The van der Waals surface area contributed by atoms with Gasteiger partial charge in [0.25, 0.3) is 10.1 Å². The van der Waals surface area contributed by atoms with Crippen molar-refractivity contribution in [3.8, 4) is 5.75 Å². The normalized spacial score (nSPS) is 11.9. The average molecular weight is 585 g/mol. The maximum absolute atomic E-state index is 12.2. The van der Waals surface area contributed by atoms with E-state index in [4.69, 9.17) is 10.8 Å². The molecule has 0 aromatic heterocycles. The summed E-state index contributed by atoms with van der Waals surface area (Å²) >= 11 is 0. The van der Waals surface area contributed by atoms with E-state index in [1.54, 1.807) is 36.4 Å². The summed E-state index contributed by atoms with van der Waals surface area (Å²) < 4.78 is 34.2. The SMILES string of the molecule is NC(=O)Nc1ccc2cc(S(=O)(=O)O)c(N=Nc3ccc(N=Nc4ccc(C(=O)O)cc4)c4ccccc34)c(O)c2c1. The summed E-state index contributed by atoms with van der Waals surface area (Å²) in [7, 11) is -4.83. The molecule has 0 aliphatic carbocycles. The number of nitrogens with two attached hydrogens (primary N) is 1. The molecule has 0 saturated heterocycles. The van der Waals surface area contributed by atoms with Gasteiger partial charge in [-0.1, -0.05) is 30.3 Å². The highest BCUT2D eigenvalue weighted by Gasteiger charge is 2.22. The third kappa shape index (κ3) is 5.74. The number of amides is 2. The van der Waals surface area contributed by atoms with E-state index in [0.29, 0.717) is 27.8 Å². The molecule has 14 heteroatoms. The van der Waals surface area contributed by atoms with Crippen LogP contribution in [0.1, 0.15) is 10.4 Å². The Bertz CT molecular complexity index is 2060. The molecule has 42 heavy (non-hydrogen) atoms. The highest BCUT2D eigenvalue weighted by Crippen LogP contribution is 2.43. The highest BCUT2D eigenvalue weighted by molar-refractivity contribution is 7.86. The zero-order valence-electron chi connectivity index (χ0n) is 21.3. The minimum absolute atomic E-state index is 0.117. The monoisotopic (exact) mass is 584 g/mol. The highest BCUT2D eigenvalue weighted by atomic mass is 32.2. The van der Waals surface area contributed by atoms with Crippen molar-refractivity contribution in [2.45, 2.75) is 4.90 Å². The van der Waals surface area contributed by atoms with Gasteiger partial charge in [0.15, 0.2) is 5.75 Å². The van der Waals surface area contributed by atoms with Crippen molar-refractivity contribution < 1.29 is 32.8 Å². The molecule has 0 aliphatic heterocycles. The molecular weight excluding hydrogens is 564 g/mol. The van der Waals surface area contributed by atoms with Gasteiger partial charge in [-0.15, -0.1) is 15.3 Å². The number of carboxylic acid groups (broad SMARTS) is 1. The quantitative estimate of drug-likeness (QED) is 0.0998. The Morgan fingerprint density at radius 1 is 0.762 bits per heavy atom. The first kappa shape index (κ1) is 27.8. The number of hydrogen-bond donors (Lipinski definition) is 5. The number of phenols is 1. The number of aromatic carboxylic acids is 1. The van der Waals surface area contributed by atoms with Gasteiger partial charge in [-0.2, -0.15) is 13.5 Å². The molecule has 0 aliphatic rings. The topological polar surface area (TPSA) is 216 Å². The van der Waals surface area contributed by atoms with Crippen LogP contribution in [0.5, 0.6) is 5.75 Å². The summed E-state index contributed by atoms with van der Waals surface area (Å²) in [5.41, 5.74) is 6.19. The molecule has 0 saturated carbocycles. The number of aromatic hydroxyl groups is 1. The molecule has 0 atom stereocenters. The van der Waals surface area contributed by atoms with Crippen LogP contribution in [0.2, 0.25) is 0 Å². The van der Waals surface area contributed by atoms with E-state index < -0.39 is 38.5 Å². The number of nitrogens with zero attached hydrogens (tertiary/aromatic N) is 4. The van der Waals surface area contributed by atoms with Crippen LogP contribution in [-0.2, 0) is 10.1 Å². The van der Waals surface area contributed by atoms with E-state index in [0.717, 1.165) is 6.07 Å². The van der Waals surface area contributed by atoms with E-state index in [1.165, 1.54) is 42.5 Å². The fourth-order valence-electron chi connectivity index (χ4n) is 4.18. The van der Waals surface area contributed by atoms with Crippen LogP contribution >= 0.6 is 0 Å². The molecule has 0 bridgehead atoms. The van der Waals surface area contributed by atoms with Gasteiger partial charge >= 0.3 is 12.0 Å². The summed E-state index contributed by atoms with van der Waals surface area (Å²) in [5.74, 6) is -1.65. The Hall–Kier alpha value is -5.73. The van der Waals surface area contributed by atoms with Crippen LogP contribution in [0.15, 0.2) is 110 Å². The second-order valence-electron chi connectivity index (χ2n) is 8.87. The van der Waals surface area contributed by atoms with Gasteiger partial charge in [0.2, 0.25) is 0 Å². The number of primary amides is 1. The Labute approximate surface area is 237 Å². The Morgan fingerprint density at radius 2 is 1.38 bits per heavy atom. The summed E-state index contributed by atoms with van der Waals surface area (Å²) in [6.07, 6.45) is 0. The van der Waals surface area contributed by atoms with Crippen molar-refractivity contribution in [2.75, 3.05) is 5.32 Å². The minimum atomic E-state index is -4.83. The van der Waals surface area contributed by atoms with Crippen LogP contribution in [0.3, 0.4) is 0 Å². The number of urea groups is 1. The van der Waals surface area contributed by atoms with Crippen molar-refractivity contribution in [3.05, 3.63) is 90.5 Å². The van der Waals surface area contributed by atoms with Crippen molar-refractivity contribution in [3.63, 3.8) is 0 Å². The van der Waals surface area contributed by atoms with Crippen molar-refractivity contribution in [1.29, 1.82) is 0 Å². The first-order valence-electron chi connectivity index (χ1n) is 12.0. The lowest BCUT2D eigenvalue weighted by molar-refractivity contribution is 0.0697. The van der Waals surface area contributed by atoms with Crippen LogP contribution < -0.4 is 11.1 Å². The van der Waals surface area contributed by atoms with Gasteiger partial charge in [0.1, 0.15) is 10.6 Å². The number of nitrogens with one attached hydrogen (secondary N) is 1. The fraction of sp³-hybridized carbons (Fsp3) is 0. The first-order valence-corrected chi connectivity index (χ1v) is 13.5. The number of carboxylic acids is 1. The molecule has 13 nitrogen and oxygen atoms in total. The summed E-state index contributed by atoms with van der Waals surface area (Å²) in [6.45, 7) is 0. The molecule has 0 heterocycles. The molecule has 210 valence electrons. The lowest BCUT2D eigenvalue weighted by Gasteiger charge is -2.11. The third-order valence-corrected chi connectivity index (χ3v) is 6.99. The second kappa shape index (κ2) is 11.0. The van der Waals surface area contributed by atoms with E-state index in [-0.39, 0.29) is 22.0 Å². The number of phenolic OH excluding ortho intramolecular Hbond substituents is 1. The number of carbonyl (C=O) groups excluding carboxylic acids is 1. The Kier molecular flexibility index (Phi) is 7.31. The maximum Gasteiger partial charge on any atom is 0.335 e. The summed E-state index contributed by atoms with van der Waals surface area (Å²) in [4.78, 5) is 21.6. The molecule has 2 amide bonds. The second-order valence-corrected chi connectivity index (χ2v) is 10.3. The van der Waals surface area contributed by atoms with Gasteiger partial charge in [0, 0.05) is 21.8 Å². The molecule has 0 fully saturated rings. The number of fused-ring (bicyclic) bond motifs is 2. The molecule has 6 N–H and O–H groups in total. The van der Waals surface area contributed by atoms with Crippen LogP contribution in [0.4, 0.5) is 33.2 Å². The van der Waals surface area contributed by atoms with E-state index in [1.807, 2.05) is 0 Å². The number of carbonyl (C=O) groups is 2. The lowest BCUT2D eigenvalue weighted by Crippen LogP contribution is -2.19. The fourth-order valence-corrected chi connectivity index (χ4v) is 4.84. The summed E-state index contributed by atoms with van der Waals surface area (Å²) in [5, 5.41) is 40.6. The number of azo groups is 2. The standard InChI is InChI=1S/C28H20N6O7S/c29-28(38)30-18-10-7-16-13-24(42(39,40)41)25(26(35)21(16)14-18)34-33-23-12-11-22(19-3-1-2-4-20(19)23)32-31-17-8-5-15(6-9-17)27(36)37/h1-14,35H,(H,36,37)(H3,29,30,38)(H,39,40,41). The van der Waals surface area contributed by atoms with Crippen molar-refractivity contribution >= 4 is 72.1 Å². The van der Waals surface area contributed by atoms with Crippen LogP contribution in [0, 0.1) is 0 Å². The Balaban J connectivity index is 1.57. The molecule has 5 rings (SSSR count). The zero-order valence-corrected chi connectivity index (χ0v) is 22.1. The van der Waals surface area contributed by atoms with E-state index >= 15 is 0 Å². The molecule has 0 radical (unpaired) electrons. The summed E-state index contributed by atoms with van der Waals surface area (Å²) in [6, 6.07) is 20.6. The van der Waals surface area contributed by atoms with Crippen molar-refractivity contribution in [2.24, 2.45) is 26.2 Å². The third-order valence-electron chi connectivity index (χ3n) is 6.12. The number of rotatable bonds is 7. The van der Waals surface area contributed by atoms with Gasteiger partial charge in [-0.3, -0.25) is 4.55 Å². The number of hydrogen-bond acceptors (Lipinski definition) is 9. The van der Waals surface area contributed by atoms with Gasteiger partial charge < -0.3 is 21.3 Å². The van der Waals surface area contributed by atoms with E-state index in [9.17, 15) is 27.7 Å². The molecule has 5 aromatic rings. The molecule has 0 unspecified atom stereocenters. The number of benzene rings is 5. The molecule has 5 aromatic carbocycles. The zero-order chi connectivity index (χ0) is 30.0. The maximum atomic E-state index is 12.2. The molecule has 0 spiro atoms. The van der Waals surface area contributed by atoms with Gasteiger partial charge in [-0.25, -0.2) is 9.59 Å². The van der Waals surface area contributed by atoms with Gasteiger partial charge in [-0.05, 0) is 60.0 Å².